The van der Waals surface area contributed by atoms with Crippen molar-refractivity contribution in [1.82, 2.24) is 0 Å². The lowest BCUT2D eigenvalue weighted by Gasteiger charge is -2.34. The summed E-state index contributed by atoms with van der Waals surface area (Å²) in [6.45, 7) is 10.5. The Hall–Kier alpha value is -5.16. The second-order valence-electron chi connectivity index (χ2n) is 18.1. The van der Waals surface area contributed by atoms with Crippen LogP contribution in [0.4, 0.5) is 11.4 Å². The van der Waals surface area contributed by atoms with Gasteiger partial charge in [0.05, 0.1) is 30.6 Å². The molecule has 8 heteroatoms. The van der Waals surface area contributed by atoms with Crippen LogP contribution in [0.25, 0.3) is 10.8 Å². The number of nitrogens with zero attached hydrogens (tertiary/aromatic N) is 3. The fourth-order valence-electron chi connectivity index (χ4n) is 10.2. The van der Waals surface area contributed by atoms with Crippen molar-refractivity contribution < 1.29 is 28.7 Å². The average molecular weight is 857 g/mol. The maximum absolute atomic E-state index is 12.2. The van der Waals surface area contributed by atoms with Crippen molar-refractivity contribution in [3.05, 3.63) is 101 Å². The van der Waals surface area contributed by atoms with E-state index >= 15 is 0 Å². The van der Waals surface area contributed by atoms with Crippen molar-refractivity contribution >= 4 is 40.3 Å². The minimum Gasteiger partial charge on any atom is -0.497 e. The molecule has 0 fully saturated rings. The molecule has 338 valence electrons. The van der Waals surface area contributed by atoms with Crippen molar-refractivity contribution in [3.63, 3.8) is 0 Å². The minimum absolute atomic E-state index is 0.00453. The molecule has 3 aromatic rings. The molecule has 0 unspecified atom stereocenters. The number of methoxy groups -OCH3 is 1. The van der Waals surface area contributed by atoms with Crippen molar-refractivity contribution in [1.29, 1.82) is 5.26 Å². The number of carbonyl (C=O) groups excluding carboxylic acids is 1. The number of aliphatic carboxylic acids is 1. The lowest BCUT2D eigenvalue weighted by Crippen LogP contribution is -2.32. The molecule has 0 bridgehead atoms. The van der Waals surface area contributed by atoms with Crippen LogP contribution in [0.5, 0.6) is 5.75 Å². The van der Waals surface area contributed by atoms with E-state index in [0.717, 1.165) is 72.4 Å². The fraction of sp³-hybridized carbons (Fsp3) is 0.527. The first-order chi connectivity index (χ1) is 30.7. The molecule has 3 aromatic carbocycles. The van der Waals surface area contributed by atoms with E-state index in [4.69, 9.17) is 9.47 Å². The first-order valence-electron chi connectivity index (χ1n) is 24.1. The zero-order chi connectivity index (χ0) is 45.1. The van der Waals surface area contributed by atoms with Crippen LogP contribution in [0.3, 0.4) is 0 Å². The number of carbonyl (C=O) groups is 2. The number of hydrogen-bond acceptors (Lipinski definition) is 6. The highest BCUT2D eigenvalue weighted by Crippen LogP contribution is 2.55. The maximum Gasteiger partial charge on any atom is 0.305 e. The van der Waals surface area contributed by atoms with Crippen LogP contribution in [0, 0.1) is 11.3 Å². The normalized spacial score (nSPS) is 15.9. The molecule has 0 radical (unpaired) electrons. The number of rotatable bonds is 29. The summed E-state index contributed by atoms with van der Waals surface area (Å²) < 4.78 is 13.3. The molecule has 63 heavy (non-hydrogen) atoms. The monoisotopic (exact) mass is 857 g/mol. The van der Waals surface area contributed by atoms with Gasteiger partial charge >= 0.3 is 5.97 Å². The summed E-state index contributed by atoms with van der Waals surface area (Å²) >= 11 is 0. The van der Waals surface area contributed by atoms with E-state index in [9.17, 15) is 20.0 Å². The number of allylic oxidation sites excluding steroid dienone is 6. The Kier molecular flexibility index (Phi) is 19.1. The van der Waals surface area contributed by atoms with E-state index in [-0.39, 0.29) is 18.4 Å². The summed E-state index contributed by atoms with van der Waals surface area (Å²) in [5.74, 6) is -0.0361. The standard InChI is InChI=1S/C55H73N3O5/c1-6-8-10-12-14-16-18-22-35-55(36-23-19-17-15-13-11-9-7-2)47-40-45(62-5)29-31-48(47)57(37-34-52(60)61)51(55)33-27-43(41-56)26-32-50-54(3,4)53-46-25-21-20-24-44(46)28-30-49(53)58(50)38-39-63-42-59/h20-21,24-33,40,42H,6-19,22-23,34-39H2,1-5H3/p+1. The molecule has 2 heterocycles. The number of anilines is 1. The van der Waals surface area contributed by atoms with Crippen LogP contribution in [-0.2, 0) is 25.2 Å². The second-order valence-corrected chi connectivity index (χ2v) is 18.1. The van der Waals surface area contributed by atoms with E-state index in [2.05, 4.69) is 97.8 Å². The van der Waals surface area contributed by atoms with Crippen LogP contribution in [-0.4, -0.2) is 54.6 Å². The lowest BCUT2D eigenvalue weighted by molar-refractivity contribution is -0.440. The minimum atomic E-state index is -0.836. The average Bonchev–Trinajstić information content (AvgIpc) is 3.67. The number of ether oxygens (including phenoxy) is 2. The fourth-order valence-corrected chi connectivity index (χ4v) is 10.2. The van der Waals surface area contributed by atoms with Crippen LogP contribution >= 0.6 is 0 Å². The first kappa shape index (κ1) is 48.9. The predicted molar refractivity (Wildman–Crippen MR) is 258 cm³/mol. The highest BCUT2D eigenvalue weighted by molar-refractivity contribution is 6.07. The number of hydrogen-bond donors (Lipinski definition) is 1. The van der Waals surface area contributed by atoms with Crippen molar-refractivity contribution in [2.75, 3.05) is 31.7 Å². The summed E-state index contributed by atoms with van der Waals surface area (Å²) in [6.07, 6.45) is 29.5. The number of nitriles is 1. The van der Waals surface area contributed by atoms with Gasteiger partial charge in [0.15, 0.2) is 12.3 Å². The van der Waals surface area contributed by atoms with Gasteiger partial charge in [-0.05, 0) is 85.5 Å². The van der Waals surface area contributed by atoms with Crippen molar-refractivity contribution in [2.24, 2.45) is 0 Å². The van der Waals surface area contributed by atoms with Crippen molar-refractivity contribution in [3.8, 4) is 11.8 Å². The summed E-state index contributed by atoms with van der Waals surface area (Å²) in [5.41, 5.74) is 6.31. The van der Waals surface area contributed by atoms with Crippen LogP contribution < -0.4 is 9.64 Å². The van der Waals surface area contributed by atoms with Gasteiger partial charge in [0.2, 0.25) is 5.69 Å². The van der Waals surface area contributed by atoms with E-state index in [1.54, 1.807) is 7.11 Å². The predicted octanol–water partition coefficient (Wildman–Crippen LogP) is 13.6. The summed E-state index contributed by atoms with van der Waals surface area (Å²) in [6, 6.07) is 21.4. The Morgan fingerprint density at radius 1 is 0.857 bits per heavy atom. The summed E-state index contributed by atoms with van der Waals surface area (Å²) in [5, 5.41) is 23.1. The molecule has 0 amide bonds. The molecular formula is C55H74N3O5+. The van der Waals surface area contributed by atoms with Gasteiger partial charge in [0, 0.05) is 41.1 Å². The highest BCUT2D eigenvalue weighted by atomic mass is 16.5. The first-order valence-corrected chi connectivity index (χ1v) is 24.1. The van der Waals surface area contributed by atoms with Gasteiger partial charge in [-0.3, -0.25) is 9.59 Å². The molecule has 0 saturated heterocycles. The van der Waals surface area contributed by atoms with Crippen molar-refractivity contribution in [2.45, 2.75) is 161 Å². The van der Waals surface area contributed by atoms with Crippen LogP contribution in [0.2, 0.25) is 0 Å². The number of unbranched alkanes of at least 4 members (excludes halogenated alkanes) is 14. The smallest absolute Gasteiger partial charge is 0.305 e. The Balaban J connectivity index is 1.57. The van der Waals surface area contributed by atoms with Gasteiger partial charge in [-0.1, -0.05) is 141 Å². The third-order valence-electron chi connectivity index (χ3n) is 13.5. The lowest BCUT2D eigenvalue weighted by atomic mass is 9.71. The van der Waals surface area contributed by atoms with Gasteiger partial charge in [-0.15, -0.1) is 0 Å². The molecule has 0 atom stereocenters. The van der Waals surface area contributed by atoms with E-state index in [0.29, 0.717) is 25.1 Å². The van der Waals surface area contributed by atoms with Crippen LogP contribution in [0.1, 0.15) is 161 Å². The van der Waals surface area contributed by atoms with Gasteiger partial charge in [-0.25, -0.2) is 0 Å². The zero-order valence-electron chi connectivity index (χ0n) is 39.1. The largest absolute Gasteiger partial charge is 0.497 e. The zero-order valence-corrected chi connectivity index (χ0v) is 39.1. The molecular weight excluding hydrogens is 783 g/mol. The topological polar surface area (TPSA) is 103 Å². The van der Waals surface area contributed by atoms with E-state index in [1.807, 2.05) is 24.3 Å². The Morgan fingerprint density at radius 2 is 1.49 bits per heavy atom. The summed E-state index contributed by atoms with van der Waals surface area (Å²) in [7, 11) is 1.71. The third-order valence-corrected chi connectivity index (χ3v) is 13.5. The SMILES string of the molecule is CCCCCCCCCCC1(CCCCCCCCCC)C(=CC=C(C#N)C=CC2=[N+](CCOC=O)c3ccc4ccccc4c3C2(C)C)N(CCC(=O)O)c2ccc(OC)cc21. The van der Waals surface area contributed by atoms with Gasteiger partial charge < -0.3 is 19.5 Å². The quantitative estimate of drug-likeness (QED) is 0.0244. The van der Waals surface area contributed by atoms with E-state index < -0.39 is 11.4 Å². The molecule has 1 N–H and O–H groups in total. The van der Waals surface area contributed by atoms with Gasteiger partial charge in [0.25, 0.3) is 6.47 Å². The highest BCUT2D eigenvalue weighted by Gasteiger charge is 2.47. The molecule has 2 aliphatic heterocycles. The number of benzene rings is 3. The molecule has 0 spiro atoms. The molecule has 0 saturated carbocycles. The van der Waals surface area contributed by atoms with Crippen LogP contribution in [0.15, 0.2) is 90.2 Å². The Labute approximate surface area is 378 Å². The molecule has 2 aliphatic rings. The van der Waals surface area contributed by atoms with Gasteiger partial charge in [0.1, 0.15) is 12.4 Å². The summed E-state index contributed by atoms with van der Waals surface area (Å²) in [4.78, 5) is 25.6. The molecule has 8 nitrogen and oxygen atoms in total. The molecule has 0 aliphatic carbocycles. The Morgan fingerprint density at radius 3 is 2.10 bits per heavy atom. The van der Waals surface area contributed by atoms with Gasteiger partial charge in [-0.2, -0.15) is 9.84 Å². The second kappa shape index (κ2) is 24.6. The number of carboxylic acid groups (broad SMARTS) is 1. The third kappa shape index (κ3) is 12.3. The number of fused-ring (bicyclic) bond motifs is 4. The maximum atomic E-state index is 12.2. The number of carboxylic acids is 1. The van der Waals surface area contributed by atoms with E-state index in [1.165, 1.54) is 93.6 Å². The Bertz CT molecular complexity index is 2130. The molecule has 0 aromatic heterocycles. The molecule has 5 rings (SSSR count).